The van der Waals surface area contributed by atoms with E-state index in [4.69, 9.17) is 0 Å². The number of nitrogens with one attached hydrogen (secondary N) is 2. The van der Waals surface area contributed by atoms with Gasteiger partial charge in [-0.2, -0.15) is 0 Å². The summed E-state index contributed by atoms with van der Waals surface area (Å²) in [4.78, 5) is 29.8. The SMILES string of the molecule is CC(C)C[C@H](NC(=O)c1ccccc1)C(=O)Nc1nc(-c2ccccc2)cs1. The quantitative estimate of drug-likeness (QED) is 0.617. The molecule has 3 aromatic rings. The van der Waals surface area contributed by atoms with Crippen molar-refractivity contribution in [2.45, 2.75) is 26.3 Å². The van der Waals surface area contributed by atoms with Crippen molar-refractivity contribution in [3.63, 3.8) is 0 Å². The Balaban J connectivity index is 1.70. The van der Waals surface area contributed by atoms with Gasteiger partial charge in [-0.3, -0.25) is 9.59 Å². The van der Waals surface area contributed by atoms with E-state index in [-0.39, 0.29) is 17.7 Å². The molecule has 144 valence electrons. The summed E-state index contributed by atoms with van der Waals surface area (Å²) in [6.45, 7) is 4.04. The fraction of sp³-hybridized carbons (Fsp3) is 0.227. The minimum atomic E-state index is -0.628. The summed E-state index contributed by atoms with van der Waals surface area (Å²) >= 11 is 1.37. The van der Waals surface area contributed by atoms with E-state index in [0.29, 0.717) is 17.1 Å². The standard InChI is InChI=1S/C22H23N3O2S/c1-15(2)13-18(23-20(26)17-11-7-4-8-12-17)21(27)25-22-24-19(14-28-22)16-9-5-3-6-10-16/h3-12,14-15,18H,13H2,1-2H3,(H,23,26)(H,24,25,27)/t18-/m0/s1. The van der Waals surface area contributed by atoms with Crippen LogP contribution in [0.5, 0.6) is 0 Å². The molecule has 2 amide bonds. The molecule has 0 radical (unpaired) electrons. The van der Waals surface area contributed by atoms with Crippen LogP contribution in [0.1, 0.15) is 30.6 Å². The summed E-state index contributed by atoms with van der Waals surface area (Å²) in [7, 11) is 0. The average molecular weight is 394 g/mol. The van der Waals surface area contributed by atoms with Crippen molar-refractivity contribution in [2.24, 2.45) is 5.92 Å². The van der Waals surface area contributed by atoms with Crippen molar-refractivity contribution in [1.29, 1.82) is 0 Å². The molecule has 1 atom stereocenters. The third kappa shape index (κ3) is 5.27. The molecule has 6 heteroatoms. The molecule has 0 aliphatic carbocycles. The summed E-state index contributed by atoms with van der Waals surface area (Å²) in [5.74, 6) is -0.263. The first-order chi connectivity index (χ1) is 13.5. The Morgan fingerprint density at radius 1 is 1.00 bits per heavy atom. The molecule has 5 nitrogen and oxygen atoms in total. The second-order valence-electron chi connectivity index (χ2n) is 6.91. The minimum Gasteiger partial charge on any atom is -0.340 e. The molecular formula is C22H23N3O2S. The van der Waals surface area contributed by atoms with Gasteiger partial charge in [-0.15, -0.1) is 11.3 Å². The van der Waals surface area contributed by atoms with Crippen LogP contribution in [-0.4, -0.2) is 22.8 Å². The lowest BCUT2D eigenvalue weighted by atomic mass is 10.0. The van der Waals surface area contributed by atoms with E-state index in [2.05, 4.69) is 15.6 Å². The Morgan fingerprint density at radius 2 is 1.64 bits per heavy atom. The predicted octanol–water partition coefficient (Wildman–Crippen LogP) is 4.59. The number of thiazole rings is 1. The largest absolute Gasteiger partial charge is 0.340 e. The van der Waals surface area contributed by atoms with Crippen molar-refractivity contribution in [3.05, 3.63) is 71.6 Å². The van der Waals surface area contributed by atoms with Gasteiger partial charge in [0, 0.05) is 16.5 Å². The lowest BCUT2D eigenvalue weighted by molar-refractivity contribution is -0.118. The van der Waals surface area contributed by atoms with Crippen LogP contribution >= 0.6 is 11.3 Å². The van der Waals surface area contributed by atoms with E-state index in [1.807, 2.05) is 55.6 Å². The Morgan fingerprint density at radius 3 is 2.29 bits per heavy atom. The van der Waals surface area contributed by atoms with Crippen molar-refractivity contribution in [2.75, 3.05) is 5.32 Å². The highest BCUT2D eigenvalue weighted by Gasteiger charge is 2.23. The smallest absolute Gasteiger partial charge is 0.251 e. The zero-order valence-corrected chi connectivity index (χ0v) is 16.7. The van der Waals surface area contributed by atoms with Gasteiger partial charge in [0.15, 0.2) is 5.13 Å². The molecule has 0 saturated carbocycles. The van der Waals surface area contributed by atoms with Crippen LogP contribution in [0, 0.1) is 5.92 Å². The molecular weight excluding hydrogens is 370 g/mol. The van der Waals surface area contributed by atoms with Gasteiger partial charge >= 0.3 is 0 Å². The highest BCUT2D eigenvalue weighted by molar-refractivity contribution is 7.14. The Kier molecular flexibility index (Phi) is 6.55. The minimum absolute atomic E-state index is 0.253. The van der Waals surface area contributed by atoms with E-state index >= 15 is 0 Å². The predicted molar refractivity (Wildman–Crippen MR) is 113 cm³/mol. The number of aromatic nitrogens is 1. The van der Waals surface area contributed by atoms with Gasteiger partial charge in [0.1, 0.15) is 6.04 Å². The van der Waals surface area contributed by atoms with Crippen molar-refractivity contribution in [1.82, 2.24) is 10.3 Å². The number of benzene rings is 2. The number of carbonyl (C=O) groups is 2. The number of rotatable bonds is 7. The van der Waals surface area contributed by atoms with Crippen molar-refractivity contribution < 1.29 is 9.59 Å². The van der Waals surface area contributed by atoms with Gasteiger partial charge < -0.3 is 10.6 Å². The lowest BCUT2D eigenvalue weighted by Crippen LogP contribution is -2.44. The fourth-order valence-corrected chi connectivity index (χ4v) is 3.52. The molecule has 0 unspecified atom stereocenters. The maximum atomic E-state index is 12.8. The first-order valence-electron chi connectivity index (χ1n) is 9.20. The molecule has 0 aliphatic heterocycles. The average Bonchev–Trinajstić information content (AvgIpc) is 3.17. The molecule has 28 heavy (non-hydrogen) atoms. The molecule has 0 bridgehead atoms. The molecule has 0 aliphatic rings. The van der Waals surface area contributed by atoms with Crippen LogP contribution in [0.25, 0.3) is 11.3 Å². The zero-order chi connectivity index (χ0) is 19.9. The van der Waals surface area contributed by atoms with Gasteiger partial charge in [0.05, 0.1) is 5.69 Å². The number of hydrogen-bond donors (Lipinski definition) is 2. The number of amides is 2. The van der Waals surface area contributed by atoms with Crippen LogP contribution in [0.3, 0.4) is 0 Å². The molecule has 0 fully saturated rings. The third-order valence-electron chi connectivity index (χ3n) is 4.17. The van der Waals surface area contributed by atoms with E-state index in [1.54, 1.807) is 24.3 Å². The molecule has 3 rings (SSSR count). The normalized spacial score (nSPS) is 11.8. The van der Waals surface area contributed by atoms with Gasteiger partial charge in [-0.05, 0) is 24.5 Å². The highest BCUT2D eigenvalue weighted by Crippen LogP contribution is 2.24. The Bertz CT molecular complexity index is 923. The van der Waals surface area contributed by atoms with Crippen LogP contribution in [-0.2, 0) is 4.79 Å². The second kappa shape index (κ2) is 9.28. The van der Waals surface area contributed by atoms with Crippen molar-refractivity contribution in [3.8, 4) is 11.3 Å². The summed E-state index contributed by atoms with van der Waals surface area (Å²) in [5, 5.41) is 8.12. The molecule has 1 heterocycles. The molecule has 0 spiro atoms. The van der Waals surface area contributed by atoms with Crippen LogP contribution in [0.4, 0.5) is 5.13 Å². The maximum Gasteiger partial charge on any atom is 0.251 e. The topological polar surface area (TPSA) is 71.1 Å². The maximum absolute atomic E-state index is 12.8. The molecule has 2 N–H and O–H groups in total. The van der Waals surface area contributed by atoms with Gasteiger partial charge in [0.25, 0.3) is 5.91 Å². The monoisotopic (exact) mass is 393 g/mol. The van der Waals surface area contributed by atoms with Gasteiger partial charge in [0.2, 0.25) is 5.91 Å². The second-order valence-corrected chi connectivity index (χ2v) is 7.77. The van der Waals surface area contributed by atoms with Gasteiger partial charge in [-0.1, -0.05) is 62.4 Å². The number of anilines is 1. The van der Waals surface area contributed by atoms with Crippen molar-refractivity contribution >= 4 is 28.3 Å². The van der Waals surface area contributed by atoms with Gasteiger partial charge in [-0.25, -0.2) is 4.98 Å². The van der Waals surface area contributed by atoms with Crippen LogP contribution in [0.2, 0.25) is 0 Å². The number of hydrogen-bond acceptors (Lipinski definition) is 4. The molecule has 0 saturated heterocycles. The highest BCUT2D eigenvalue weighted by atomic mass is 32.1. The molecule has 2 aromatic carbocycles. The number of carbonyl (C=O) groups excluding carboxylic acids is 2. The Hall–Kier alpha value is -2.99. The van der Waals surface area contributed by atoms with Crippen LogP contribution in [0.15, 0.2) is 66.0 Å². The third-order valence-corrected chi connectivity index (χ3v) is 4.93. The fourth-order valence-electron chi connectivity index (χ4n) is 2.80. The lowest BCUT2D eigenvalue weighted by Gasteiger charge is -2.19. The molecule has 1 aromatic heterocycles. The Labute approximate surface area is 168 Å². The number of nitrogens with zero attached hydrogens (tertiary/aromatic N) is 1. The summed E-state index contributed by atoms with van der Waals surface area (Å²) in [6, 6.07) is 18.1. The van der Waals surface area contributed by atoms with Crippen LogP contribution < -0.4 is 10.6 Å². The first kappa shape index (κ1) is 19.8. The zero-order valence-electron chi connectivity index (χ0n) is 15.9. The van der Waals surface area contributed by atoms with E-state index < -0.39 is 6.04 Å². The summed E-state index contributed by atoms with van der Waals surface area (Å²) in [6.07, 6.45) is 0.543. The summed E-state index contributed by atoms with van der Waals surface area (Å²) in [5.41, 5.74) is 2.34. The summed E-state index contributed by atoms with van der Waals surface area (Å²) < 4.78 is 0. The van der Waals surface area contributed by atoms with E-state index in [9.17, 15) is 9.59 Å². The van der Waals surface area contributed by atoms with E-state index in [1.165, 1.54) is 11.3 Å². The first-order valence-corrected chi connectivity index (χ1v) is 10.1. The van der Waals surface area contributed by atoms with E-state index in [0.717, 1.165) is 11.3 Å².